The number of hydroxylamine groups is 1. The molecule has 86 valence electrons. The van der Waals surface area contributed by atoms with Gasteiger partial charge in [-0.15, -0.1) is 0 Å². The third kappa shape index (κ3) is 3.07. The van der Waals surface area contributed by atoms with Gasteiger partial charge in [-0.2, -0.15) is 0 Å². The van der Waals surface area contributed by atoms with Crippen molar-refractivity contribution in [1.29, 1.82) is 0 Å². The van der Waals surface area contributed by atoms with Crippen LogP contribution >= 0.6 is 0 Å². The van der Waals surface area contributed by atoms with Crippen LogP contribution in [0.2, 0.25) is 0 Å². The zero-order chi connectivity index (χ0) is 10.5. The van der Waals surface area contributed by atoms with Gasteiger partial charge in [-0.25, -0.2) is 10.3 Å². The molecule has 0 bridgehead atoms. The van der Waals surface area contributed by atoms with Gasteiger partial charge in [-0.3, -0.25) is 4.84 Å². The van der Waals surface area contributed by atoms with Crippen molar-refractivity contribution in [3.63, 3.8) is 0 Å². The van der Waals surface area contributed by atoms with Gasteiger partial charge in [-0.05, 0) is 12.8 Å². The zero-order valence-corrected chi connectivity index (χ0v) is 8.91. The molecule has 1 aliphatic carbocycles. The van der Waals surface area contributed by atoms with Crippen molar-refractivity contribution in [1.82, 2.24) is 10.4 Å². The molecule has 0 aromatic carbocycles. The molecule has 2 fully saturated rings. The molecular formula is C10H18N2O3. The standard InChI is InChI=1S/C10H18N2O3/c13-10(12-5-7-14-8-6-12)11-15-9-3-1-2-4-9/h9H,1-8H2,(H,11,13). The van der Waals surface area contributed by atoms with Gasteiger partial charge >= 0.3 is 6.03 Å². The lowest BCUT2D eigenvalue weighted by Crippen LogP contribution is -2.46. The van der Waals surface area contributed by atoms with Crippen molar-refractivity contribution in [3.8, 4) is 0 Å². The van der Waals surface area contributed by atoms with Crippen molar-refractivity contribution >= 4 is 6.03 Å². The maximum Gasteiger partial charge on any atom is 0.341 e. The average Bonchev–Trinajstić information content (AvgIpc) is 2.80. The predicted molar refractivity (Wildman–Crippen MR) is 54.3 cm³/mol. The number of hydrogen-bond donors (Lipinski definition) is 1. The van der Waals surface area contributed by atoms with Crippen molar-refractivity contribution in [2.75, 3.05) is 26.3 Å². The third-order valence-electron chi connectivity index (χ3n) is 2.91. The van der Waals surface area contributed by atoms with Crippen molar-refractivity contribution < 1.29 is 14.4 Å². The first-order valence-electron chi connectivity index (χ1n) is 5.64. The Hall–Kier alpha value is -0.810. The molecule has 0 atom stereocenters. The number of rotatable bonds is 2. The van der Waals surface area contributed by atoms with Gasteiger partial charge < -0.3 is 9.64 Å². The molecule has 2 aliphatic rings. The minimum absolute atomic E-state index is 0.134. The third-order valence-corrected chi connectivity index (χ3v) is 2.91. The van der Waals surface area contributed by atoms with Crippen LogP contribution in [0.15, 0.2) is 0 Å². The molecule has 0 aromatic rings. The normalized spacial score (nSPS) is 23.1. The number of nitrogens with one attached hydrogen (secondary N) is 1. The van der Waals surface area contributed by atoms with E-state index < -0.39 is 0 Å². The van der Waals surface area contributed by atoms with Crippen LogP contribution < -0.4 is 5.48 Å². The molecule has 0 spiro atoms. The smallest absolute Gasteiger partial charge is 0.341 e. The SMILES string of the molecule is O=C(NOC1CCCC1)N1CCOCC1. The number of nitrogens with zero attached hydrogens (tertiary/aromatic N) is 1. The Morgan fingerprint density at radius 1 is 1.27 bits per heavy atom. The number of carbonyl (C=O) groups excluding carboxylic acids is 1. The van der Waals surface area contributed by atoms with Crippen molar-refractivity contribution in [2.45, 2.75) is 31.8 Å². The molecule has 15 heavy (non-hydrogen) atoms. The molecule has 1 heterocycles. The Balaban J connectivity index is 1.66. The van der Waals surface area contributed by atoms with E-state index in [9.17, 15) is 4.79 Å². The van der Waals surface area contributed by atoms with Crippen molar-refractivity contribution in [3.05, 3.63) is 0 Å². The molecule has 1 saturated carbocycles. The van der Waals surface area contributed by atoms with Crippen LogP contribution in [0, 0.1) is 0 Å². The highest BCUT2D eigenvalue weighted by Crippen LogP contribution is 2.19. The molecule has 1 aliphatic heterocycles. The molecule has 5 heteroatoms. The van der Waals surface area contributed by atoms with Gasteiger partial charge in [-0.1, -0.05) is 12.8 Å². The number of urea groups is 1. The van der Waals surface area contributed by atoms with E-state index in [0.717, 1.165) is 12.8 Å². The van der Waals surface area contributed by atoms with Gasteiger partial charge in [0.1, 0.15) is 0 Å². The molecule has 0 aromatic heterocycles. The highest BCUT2D eigenvalue weighted by atomic mass is 16.7. The van der Waals surface area contributed by atoms with Crippen LogP contribution in [0.5, 0.6) is 0 Å². The lowest BCUT2D eigenvalue weighted by molar-refractivity contribution is -0.0179. The minimum Gasteiger partial charge on any atom is -0.378 e. The van der Waals surface area contributed by atoms with Gasteiger partial charge in [0.25, 0.3) is 0 Å². The summed E-state index contributed by atoms with van der Waals surface area (Å²) in [4.78, 5) is 18.6. The Morgan fingerprint density at radius 3 is 2.60 bits per heavy atom. The number of morpholine rings is 1. The van der Waals surface area contributed by atoms with E-state index in [4.69, 9.17) is 9.57 Å². The van der Waals surface area contributed by atoms with E-state index in [1.54, 1.807) is 4.90 Å². The summed E-state index contributed by atoms with van der Waals surface area (Å²) in [6.07, 6.45) is 4.75. The molecule has 5 nitrogen and oxygen atoms in total. The fourth-order valence-electron chi connectivity index (χ4n) is 1.97. The second kappa shape index (κ2) is 5.32. The van der Waals surface area contributed by atoms with E-state index in [1.165, 1.54) is 12.8 Å². The lowest BCUT2D eigenvalue weighted by Gasteiger charge is -2.27. The van der Waals surface area contributed by atoms with Crippen LogP contribution in [0.3, 0.4) is 0 Å². The Kier molecular flexibility index (Phi) is 3.80. The summed E-state index contributed by atoms with van der Waals surface area (Å²) in [5.41, 5.74) is 2.53. The van der Waals surface area contributed by atoms with Crippen LogP contribution in [0.4, 0.5) is 4.79 Å². The predicted octanol–water partition coefficient (Wildman–Crippen LogP) is 0.902. The molecule has 1 N–H and O–H groups in total. The average molecular weight is 214 g/mol. The summed E-state index contributed by atoms with van der Waals surface area (Å²) in [5.74, 6) is 0. The Bertz CT molecular complexity index is 211. The number of ether oxygens (including phenoxy) is 1. The second-order valence-corrected chi connectivity index (χ2v) is 4.03. The number of hydrogen-bond acceptors (Lipinski definition) is 3. The summed E-state index contributed by atoms with van der Waals surface area (Å²) in [7, 11) is 0. The molecular weight excluding hydrogens is 196 g/mol. The summed E-state index contributed by atoms with van der Waals surface area (Å²) in [6, 6.07) is -0.134. The van der Waals surface area contributed by atoms with Gasteiger partial charge in [0, 0.05) is 13.1 Å². The minimum atomic E-state index is -0.134. The molecule has 2 rings (SSSR count). The second-order valence-electron chi connectivity index (χ2n) is 4.03. The van der Waals surface area contributed by atoms with Crippen molar-refractivity contribution in [2.24, 2.45) is 0 Å². The number of amides is 2. The largest absolute Gasteiger partial charge is 0.378 e. The molecule has 0 unspecified atom stereocenters. The highest BCUT2D eigenvalue weighted by molar-refractivity contribution is 5.73. The summed E-state index contributed by atoms with van der Waals surface area (Å²) in [6.45, 7) is 2.55. The van der Waals surface area contributed by atoms with Gasteiger partial charge in [0.05, 0.1) is 19.3 Å². The molecule has 1 saturated heterocycles. The maximum atomic E-state index is 11.6. The van der Waals surface area contributed by atoms with E-state index in [0.29, 0.717) is 26.3 Å². The fourth-order valence-corrected chi connectivity index (χ4v) is 1.97. The van der Waals surface area contributed by atoms with E-state index in [1.807, 2.05) is 0 Å². The fraction of sp³-hybridized carbons (Fsp3) is 0.900. The highest BCUT2D eigenvalue weighted by Gasteiger charge is 2.20. The summed E-state index contributed by atoms with van der Waals surface area (Å²) >= 11 is 0. The van der Waals surface area contributed by atoms with Crippen LogP contribution in [0.25, 0.3) is 0 Å². The quantitative estimate of drug-likeness (QED) is 0.695. The van der Waals surface area contributed by atoms with E-state index in [-0.39, 0.29) is 12.1 Å². The number of carbonyl (C=O) groups is 1. The topological polar surface area (TPSA) is 50.8 Å². The Labute approximate surface area is 89.7 Å². The van der Waals surface area contributed by atoms with E-state index in [2.05, 4.69) is 5.48 Å². The molecule has 2 amide bonds. The lowest BCUT2D eigenvalue weighted by atomic mass is 10.3. The first kappa shape index (κ1) is 10.7. The van der Waals surface area contributed by atoms with E-state index >= 15 is 0 Å². The Morgan fingerprint density at radius 2 is 1.93 bits per heavy atom. The summed E-state index contributed by atoms with van der Waals surface area (Å²) in [5, 5.41) is 0. The zero-order valence-electron chi connectivity index (χ0n) is 8.91. The molecule has 0 radical (unpaired) electrons. The van der Waals surface area contributed by atoms with Gasteiger partial charge in [0.2, 0.25) is 0 Å². The van der Waals surface area contributed by atoms with Crippen LogP contribution in [0.1, 0.15) is 25.7 Å². The summed E-state index contributed by atoms with van der Waals surface area (Å²) < 4.78 is 5.17. The van der Waals surface area contributed by atoms with Gasteiger partial charge in [0.15, 0.2) is 0 Å². The first-order chi connectivity index (χ1) is 7.36. The maximum absolute atomic E-state index is 11.6. The first-order valence-corrected chi connectivity index (χ1v) is 5.64. The monoisotopic (exact) mass is 214 g/mol. The van der Waals surface area contributed by atoms with Crippen LogP contribution in [-0.2, 0) is 9.57 Å². The van der Waals surface area contributed by atoms with Crippen LogP contribution in [-0.4, -0.2) is 43.3 Å².